The van der Waals surface area contributed by atoms with Crippen molar-refractivity contribution in [2.24, 2.45) is 0 Å². The highest BCUT2D eigenvalue weighted by Gasteiger charge is 2.43. The van der Waals surface area contributed by atoms with E-state index < -0.39 is 6.29 Å². The van der Waals surface area contributed by atoms with Crippen LogP contribution in [0.1, 0.15) is 0 Å². The van der Waals surface area contributed by atoms with Crippen LogP contribution >= 0.6 is 0 Å². The smallest absolute Gasteiger partial charge is 0.398 e. The van der Waals surface area contributed by atoms with Crippen LogP contribution < -0.4 is 15.2 Å². The highest BCUT2D eigenvalue weighted by Crippen LogP contribution is 2.41. The van der Waals surface area contributed by atoms with Crippen molar-refractivity contribution in [1.29, 1.82) is 0 Å². The Kier molecular flexibility index (Phi) is 1.19. The Morgan fingerprint density at radius 1 is 1.33 bits per heavy atom. The molecule has 3 nitrogen and oxygen atoms in total. The van der Waals surface area contributed by atoms with Crippen LogP contribution in [0.3, 0.4) is 0 Å². The standard InChI is InChI=1S/C7H4F2NO2/c8-7(9)11-5-2-1-4(10)3-6(5)12-7/h2-3H,10H2. The van der Waals surface area contributed by atoms with Gasteiger partial charge >= 0.3 is 6.29 Å². The van der Waals surface area contributed by atoms with Gasteiger partial charge in [0.25, 0.3) is 0 Å². The first kappa shape index (κ1) is 7.15. The number of hydrogen-bond donors (Lipinski definition) is 1. The number of benzene rings is 1. The number of halogens is 2. The van der Waals surface area contributed by atoms with Crippen LogP contribution in [-0.2, 0) is 0 Å². The lowest BCUT2D eigenvalue weighted by Gasteiger charge is -2.04. The summed E-state index contributed by atoms with van der Waals surface area (Å²) >= 11 is 0. The lowest BCUT2D eigenvalue weighted by atomic mass is 10.3. The number of alkyl halides is 2. The van der Waals surface area contributed by atoms with Gasteiger partial charge in [0.1, 0.15) is 0 Å². The Balaban J connectivity index is 2.43. The van der Waals surface area contributed by atoms with Gasteiger partial charge < -0.3 is 15.2 Å². The normalized spacial score (nSPS) is 17.8. The lowest BCUT2D eigenvalue weighted by molar-refractivity contribution is -0.286. The molecule has 0 unspecified atom stereocenters. The summed E-state index contributed by atoms with van der Waals surface area (Å²) in [5.74, 6) is -0.106. The number of nitrogen functional groups attached to an aromatic ring is 1. The van der Waals surface area contributed by atoms with E-state index in [1.165, 1.54) is 12.1 Å². The van der Waals surface area contributed by atoms with Crippen LogP contribution in [0, 0.1) is 6.07 Å². The summed E-state index contributed by atoms with van der Waals surface area (Å²) in [6.45, 7) is 0. The van der Waals surface area contributed by atoms with Gasteiger partial charge in [-0.15, -0.1) is 8.78 Å². The fraction of sp³-hybridized carbons (Fsp3) is 0.143. The molecule has 1 aromatic rings. The zero-order valence-corrected chi connectivity index (χ0v) is 5.80. The average Bonchev–Trinajstić information content (AvgIpc) is 2.21. The van der Waals surface area contributed by atoms with Gasteiger partial charge in [0.05, 0.1) is 0 Å². The Hall–Kier alpha value is -1.52. The summed E-state index contributed by atoms with van der Waals surface area (Å²) in [6, 6.07) is 4.96. The Morgan fingerprint density at radius 3 is 2.75 bits per heavy atom. The molecule has 0 saturated carbocycles. The molecule has 0 aromatic heterocycles. The van der Waals surface area contributed by atoms with E-state index in [1.54, 1.807) is 0 Å². The second-order valence-corrected chi connectivity index (χ2v) is 2.28. The Labute approximate surface area is 66.7 Å². The lowest BCUT2D eigenvalue weighted by Crippen LogP contribution is -2.25. The topological polar surface area (TPSA) is 44.5 Å². The number of fused-ring (bicyclic) bond motifs is 1. The molecule has 0 amide bonds. The minimum absolute atomic E-state index is 0.0470. The molecule has 1 radical (unpaired) electrons. The van der Waals surface area contributed by atoms with Gasteiger partial charge in [-0.1, -0.05) is 0 Å². The quantitative estimate of drug-likeness (QED) is 0.601. The summed E-state index contributed by atoms with van der Waals surface area (Å²) in [5, 5.41) is 0. The SMILES string of the molecule is Nc1[c]cc2c(c1)OC(F)(F)O2. The Morgan fingerprint density at radius 2 is 2.00 bits per heavy atom. The van der Waals surface area contributed by atoms with E-state index in [1.807, 2.05) is 0 Å². The van der Waals surface area contributed by atoms with Crippen molar-refractivity contribution >= 4 is 5.69 Å². The van der Waals surface area contributed by atoms with Crippen LogP contribution in [0.2, 0.25) is 0 Å². The van der Waals surface area contributed by atoms with Gasteiger partial charge in [-0.3, -0.25) is 0 Å². The van der Waals surface area contributed by atoms with Crippen molar-refractivity contribution in [2.75, 3.05) is 5.73 Å². The largest absolute Gasteiger partial charge is 0.586 e. The molecular formula is C7H4F2NO2. The predicted molar refractivity (Wildman–Crippen MR) is 35.9 cm³/mol. The summed E-state index contributed by atoms with van der Waals surface area (Å²) < 4.78 is 33.0. The molecule has 0 aliphatic carbocycles. The number of anilines is 1. The van der Waals surface area contributed by atoms with Crippen LogP contribution in [-0.4, -0.2) is 6.29 Å². The molecule has 0 saturated heterocycles. The van der Waals surface area contributed by atoms with Gasteiger partial charge in [-0.2, -0.15) is 0 Å². The summed E-state index contributed by atoms with van der Waals surface area (Å²) in [4.78, 5) is 0. The van der Waals surface area contributed by atoms with Gasteiger partial charge in [0.15, 0.2) is 11.5 Å². The minimum atomic E-state index is -3.58. The minimum Gasteiger partial charge on any atom is -0.398 e. The molecule has 5 heteroatoms. The van der Waals surface area contributed by atoms with E-state index in [9.17, 15) is 8.78 Å². The molecule has 2 rings (SSSR count). The molecule has 0 bridgehead atoms. The zero-order valence-electron chi connectivity index (χ0n) is 5.80. The van der Waals surface area contributed by atoms with E-state index in [-0.39, 0.29) is 17.2 Å². The highest BCUT2D eigenvalue weighted by molar-refractivity contribution is 5.52. The van der Waals surface area contributed by atoms with Crippen molar-refractivity contribution < 1.29 is 18.3 Å². The molecule has 2 N–H and O–H groups in total. The predicted octanol–water partition coefficient (Wildman–Crippen LogP) is 1.39. The molecule has 12 heavy (non-hydrogen) atoms. The Bertz CT molecular complexity index is 327. The van der Waals surface area contributed by atoms with E-state index in [0.717, 1.165) is 0 Å². The first-order chi connectivity index (χ1) is 5.57. The molecular weight excluding hydrogens is 168 g/mol. The maximum atomic E-state index is 12.4. The maximum absolute atomic E-state index is 12.4. The molecule has 0 atom stereocenters. The molecule has 1 aliphatic heterocycles. The average molecular weight is 172 g/mol. The molecule has 0 fully saturated rings. The number of hydrogen-bond acceptors (Lipinski definition) is 3. The van der Waals surface area contributed by atoms with Crippen LogP contribution in [0.25, 0.3) is 0 Å². The molecule has 1 heterocycles. The highest BCUT2D eigenvalue weighted by atomic mass is 19.3. The zero-order chi connectivity index (χ0) is 8.77. The fourth-order valence-corrected chi connectivity index (χ4v) is 0.910. The molecule has 1 aromatic carbocycles. The van der Waals surface area contributed by atoms with Gasteiger partial charge in [0, 0.05) is 17.8 Å². The van der Waals surface area contributed by atoms with Crippen molar-refractivity contribution in [3.8, 4) is 11.5 Å². The van der Waals surface area contributed by atoms with Crippen molar-refractivity contribution in [1.82, 2.24) is 0 Å². The van der Waals surface area contributed by atoms with Crippen LogP contribution in [0.15, 0.2) is 12.1 Å². The van der Waals surface area contributed by atoms with Gasteiger partial charge in [-0.05, 0) is 6.07 Å². The first-order valence-corrected chi connectivity index (χ1v) is 3.14. The first-order valence-electron chi connectivity index (χ1n) is 3.14. The third-order valence-electron chi connectivity index (χ3n) is 1.36. The molecule has 0 spiro atoms. The fourth-order valence-electron chi connectivity index (χ4n) is 0.910. The maximum Gasteiger partial charge on any atom is 0.586 e. The van der Waals surface area contributed by atoms with Crippen LogP contribution in [0.4, 0.5) is 14.5 Å². The van der Waals surface area contributed by atoms with Crippen molar-refractivity contribution in [3.05, 3.63) is 18.2 Å². The van der Waals surface area contributed by atoms with Crippen molar-refractivity contribution in [2.45, 2.75) is 6.29 Å². The third-order valence-corrected chi connectivity index (χ3v) is 1.36. The monoisotopic (exact) mass is 172 g/mol. The summed E-state index contributed by atoms with van der Waals surface area (Å²) in [5.41, 5.74) is 5.51. The van der Waals surface area contributed by atoms with E-state index in [2.05, 4.69) is 15.5 Å². The van der Waals surface area contributed by atoms with Crippen LogP contribution in [0.5, 0.6) is 11.5 Å². The number of ether oxygens (including phenoxy) is 2. The van der Waals surface area contributed by atoms with Gasteiger partial charge in [-0.25, -0.2) is 0 Å². The van der Waals surface area contributed by atoms with E-state index in [4.69, 9.17) is 5.73 Å². The third kappa shape index (κ3) is 1.03. The second kappa shape index (κ2) is 2.00. The summed E-state index contributed by atoms with van der Waals surface area (Å²) in [7, 11) is 0. The number of nitrogens with two attached hydrogens (primary N) is 1. The van der Waals surface area contributed by atoms with Gasteiger partial charge in [0.2, 0.25) is 0 Å². The van der Waals surface area contributed by atoms with E-state index in [0.29, 0.717) is 0 Å². The van der Waals surface area contributed by atoms with E-state index >= 15 is 0 Å². The number of rotatable bonds is 0. The summed E-state index contributed by atoms with van der Waals surface area (Å²) in [6.07, 6.45) is -3.58. The molecule has 1 aliphatic rings. The molecule has 63 valence electrons. The second-order valence-electron chi connectivity index (χ2n) is 2.28. The van der Waals surface area contributed by atoms with Crippen molar-refractivity contribution in [3.63, 3.8) is 0 Å².